The van der Waals surface area contributed by atoms with Crippen LogP contribution < -0.4 is 10.6 Å². The van der Waals surface area contributed by atoms with E-state index in [2.05, 4.69) is 20.6 Å². The van der Waals surface area contributed by atoms with Gasteiger partial charge in [0.2, 0.25) is 5.91 Å². The predicted octanol–water partition coefficient (Wildman–Crippen LogP) is 0.740. The van der Waals surface area contributed by atoms with Gasteiger partial charge in [0.25, 0.3) is 0 Å². The topological polar surface area (TPSA) is 69.8 Å². The number of nitrogens with zero attached hydrogens (tertiary/aromatic N) is 1. The molecule has 98 valence electrons. The van der Waals surface area contributed by atoms with Gasteiger partial charge < -0.3 is 10.3 Å². The van der Waals surface area contributed by atoms with Crippen molar-refractivity contribution in [3.8, 4) is 0 Å². The standard InChI is InChI=1S/C14H16N4O/c19-14(16-7-10-4-2-1-3-5-10)12-6-11-13(8-15-12)18-9-17-11/h1-5,9,12,15H,6-8H2,(H,16,19)(H,17,18). The van der Waals surface area contributed by atoms with Crippen LogP contribution in [-0.2, 0) is 24.3 Å². The molecule has 5 heteroatoms. The van der Waals surface area contributed by atoms with Gasteiger partial charge in [-0.1, -0.05) is 30.3 Å². The van der Waals surface area contributed by atoms with E-state index in [0.29, 0.717) is 19.5 Å². The molecule has 0 fully saturated rings. The van der Waals surface area contributed by atoms with Crippen LogP contribution in [0.1, 0.15) is 17.0 Å². The molecule has 0 saturated carbocycles. The van der Waals surface area contributed by atoms with Gasteiger partial charge in [0.05, 0.1) is 23.8 Å². The second kappa shape index (κ2) is 5.24. The third-order valence-corrected chi connectivity index (χ3v) is 3.36. The summed E-state index contributed by atoms with van der Waals surface area (Å²) in [6.45, 7) is 1.23. The maximum atomic E-state index is 12.1. The fourth-order valence-corrected chi connectivity index (χ4v) is 2.26. The Bertz CT molecular complexity index is 564. The summed E-state index contributed by atoms with van der Waals surface area (Å²) < 4.78 is 0. The SMILES string of the molecule is O=C(NCc1ccccc1)C1Cc2nc[nH]c2CN1. The van der Waals surface area contributed by atoms with Crippen molar-refractivity contribution in [2.75, 3.05) is 0 Å². The second-order valence-electron chi connectivity index (χ2n) is 4.67. The summed E-state index contributed by atoms with van der Waals surface area (Å²) >= 11 is 0. The fraction of sp³-hybridized carbons (Fsp3) is 0.286. The molecule has 2 aromatic rings. The molecule has 1 aromatic carbocycles. The van der Waals surface area contributed by atoms with E-state index in [0.717, 1.165) is 17.0 Å². The highest BCUT2D eigenvalue weighted by Gasteiger charge is 2.25. The van der Waals surface area contributed by atoms with Crippen LogP contribution in [0.15, 0.2) is 36.7 Å². The summed E-state index contributed by atoms with van der Waals surface area (Å²) in [6, 6.07) is 9.71. The number of carbonyl (C=O) groups is 1. The third kappa shape index (κ3) is 2.66. The van der Waals surface area contributed by atoms with Gasteiger partial charge in [-0.05, 0) is 5.56 Å². The van der Waals surface area contributed by atoms with Gasteiger partial charge in [0.15, 0.2) is 0 Å². The van der Waals surface area contributed by atoms with Crippen LogP contribution in [0.2, 0.25) is 0 Å². The van der Waals surface area contributed by atoms with Gasteiger partial charge in [-0.3, -0.25) is 10.1 Å². The summed E-state index contributed by atoms with van der Waals surface area (Å²) in [5.74, 6) is 0.0255. The zero-order chi connectivity index (χ0) is 13.1. The number of nitrogens with one attached hydrogen (secondary N) is 3. The number of aromatic nitrogens is 2. The van der Waals surface area contributed by atoms with Gasteiger partial charge in [0.1, 0.15) is 0 Å². The van der Waals surface area contributed by atoms with Crippen molar-refractivity contribution in [2.24, 2.45) is 0 Å². The molecule has 1 atom stereocenters. The van der Waals surface area contributed by atoms with Crippen molar-refractivity contribution in [3.63, 3.8) is 0 Å². The van der Waals surface area contributed by atoms with Crippen LogP contribution in [0.5, 0.6) is 0 Å². The van der Waals surface area contributed by atoms with Crippen LogP contribution in [0.4, 0.5) is 0 Å². The molecule has 5 nitrogen and oxygen atoms in total. The Kier molecular flexibility index (Phi) is 3.29. The average molecular weight is 256 g/mol. The van der Waals surface area contributed by atoms with E-state index >= 15 is 0 Å². The summed E-state index contributed by atoms with van der Waals surface area (Å²) in [7, 11) is 0. The first-order chi connectivity index (χ1) is 9.33. The van der Waals surface area contributed by atoms with Gasteiger partial charge in [-0.15, -0.1) is 0 Å². The van der Waals surface area contributed by atoms with Crippen LogP contribution in [0.3, 0.4) is 0 Å². The van der Waals surface area contributed by atoms with Crippen LogP contribution in [-0.4, -0.2) is 21.9 Å². The quantitative estimate of drug-likeness (QED) is 0.758. The smallest absolute Gasteiger partial charge is 0.237 e. The first kappa shape index (κ1) is 11.9. The molecule has 0 radical (unpaired) electrons. The molecule has 3 N–H and O–H groups in total. The lowest BCUT2D eigenvalue weighted by Crippen LogP contribution is -2.47. The molecular weight excluding hydrogens is 240 g/mol. The van der Waals surface area contributed by atoms with E-state index in [4.69, 9.17) is 0 Å². The molecular formula is C14H16N4O. The van der Waals surface area contributed by atoms with E-state index in [1.165, 1.54) is 0 Å². The maximum absolute atomic E-state index is 12.1. The maximum Gasteiger partial charge on any atom is 0.237 e. The minimum atomic E-state index is -0.195. The Morgan fingerprint density at radius 3 is 3.05 bits per heavy atom. The minimum Gasteiger partial charge on any atom is -0.351 e. The first-order valence-electron chi connectivity index (χ1n) is 6.39. The molecule has 3 rings (SSSR count). The highest BCUT2D eigenvalue weighted by molar-refractivity contribution is 5.82. The summed E-state index contributed by atoms with van der Waals surface area (Å²) in [5.41, 5.74) is 3.16. The molecule has 1 aliphatic heterocycles. The Labute approximate surface area is 111 Å². The van der Waals surface area contributed by atoms with Crippen LogP contribution in [0.25, 0.3) is 0 Å². The Morgan fingerprint density at radius 1 is 1.37 bits per heavy atom. The lowest BCUT2D eigenvalue weighted by Gasteiger charge is -2.22. The van der Waals surface area contributed by atoms with Gasteiger partial charge in [0, 0.05) is 19.5 Å². The number of imidazole rings is 1. The molecule has 0 saturated heterocycles. The van der Waals surface area contributed by atoms with Crippen LogP contribution in [0, 0.1) is 0 Å². The van der Waals surface area contributed by atoms with Gasteiger partial charge in [-0.2, -0.15) is 0 Å². The number of fused-ring (bicyclic) bond motifs is 1. The second-order valence-corrected chi connectivity index (χ2v) is 4.67. The normalized spacial score (nSPS) is 17.8. The van der Waals surface area contributed by atoms with Crippen molar-refractivity contribution in [3.05, 3.63) is 53.6 Å². The first-order valence-corrected chi connectivity index (χ1v) is 6.39. The van der Waals surface area contributed by atoms with Gasteiger partial charge in [-0.25, -0.2) is 4.98 Å². The Morgan fingerprint density at radius 2 is 2.21 bits per heavy atom. The van der Waals surface area contributed by atoms with E-state index < -0.39 is 0 Å². The third-order valence-electron chi connectivity index (χ3n) is 3.36. The summed E-state index contributed by atoms with van der Waals surface area (Å²) in [6.07, 6.45) is 2.32. The van der Waals surface area contributed by atoms with E-state index in [1.54, 1.807) is 6.33 Å². The summed E-state index contributed by atoms with van der Waals surface area (Å²) in [5, 5.41) is 6.17. The Hall–Kier alpha value is -2.14. The van der Waals surface area contributed by atoms with E-state index in [9.17, 15) is 4.79 Å². The number of aromatic amines is 1. The molecule has 0 aliphatic carbocycles. The molecule has 19 heavy (non-hydrogen) atoms. The molecule has 1 amide bonds. The highest BCUT2D eigenvalue weighted by Crippen LogP contribution is 2.12. The number of amides is 1. The van der Waals surface area contributed by atoms with Crippen molar-refractivity contribution in [1.82, 2.24) is 20.6 Å². The largest absolute Gasteiger partial charge is 0.351 e. The number of carbonyl (C=O) groups excluding carboxylic acids is 1. The fourth-order valence-electron chi connectivity index (χ4n) is 2.26. The highest BCUT2D eigenvalue weighted by atomic mass is 16.2. The molecule has 0 bridgehead atoms. The van der Waals surface area contributed by atoms with Crippen molar-refractivity contribution < 1.29 is 4.79 Å². The zero-order valence-electron chi connectivity index (χ0n) is 10.5. The predicted molar refractivity (Wildman–Crippen MR) is 71.2 cm³/mol. The number of rotatable bonds is 3. The molecule has 1 aromatic heterocycles. The molecule has 1 unspecified atom stereocenters. The number of hydrogen-bond donors (Lipinski definition) is 3. The van der Waals surface area contributed by atoms with E-state index in [-0.39, 0.29) is 11.9 Å². The molecule has 1 aliphatic rings. The van der Waals surface area contributed by atoms with Crippen molar-refractivity contribution in [1.29, 1.82) is 0 Å². The van der Waals surface area contributed by atoms with Crippen LogP contribution >= 0.6 is 0 Å². The number of hydrogen-bond acceptors (Lipinski definition) is 3. The summed E-state index contributed by atoms with van der Waals surface area (Å²) in [4.78, 5) is 19.4. The lowest BCUT2D eigenvalue weighted by atomic mass is 10.0. The molecule has 0 spiro atoms. The Balaban J connectivity index is 1.57. The van der Waals surface area contributed by atoms with Gasteiger partial charge >= 0.3 is 0 Å². The van der Waals surface area contributed by atoms with E-state index in [1.807, 2.05) is 30.3 Å². The lowest BCUT2D eigenvalue weighted by molar-refractivity contribution is -0.123. The average Bonchev–Trinajstić information content (AvgIpc) is 2.93. The molecule has 2 heterocycles. The zero-order valence-corrected chi connectivity index (χ0v) is 10.5. The number of benzene rings is 1. The van der Waals surface area contributed by atoms with Crippen molar-refractivity contribution in [2.45, 2.75) is 25.6 Å². The van der Waals surface area contributed by atoms with Crippen molar-refractivity contribution >= 4 is 5.91 Å². The minimum absolute atomic E-state index is 0.0255. The monoisotopic (exact) mass is 256 g/mol. The number of H-pyrrole nitrogens is 1.